The Kier molecular flexibility index (Phi) is 3.43. The number of aromatic nitrogens is 2. The molecule has 3 atom stereocenters. The van der Waals surface area contributed by atoms with E-state index in [1.807, 2.05) is 0 Å². The Bertz CT molecular complexity index is 471. The van der Waals surface area contributed by atoms with E-state index < -0.39 is 0 Å². The Hall–Kier alpha value is -1.03. The van der Waals surface area contributed by atoms with E-state index in [0.717, 1.165) is 25.2 Å². The molecule has 0 saturated heterocycles. The van der Waals surface area contributed by atoms with Gasteiger partial charge in [-0.25, -0.2) is 4.98 Å². The molecule has 1 aliphatic rings. The summed E-state index contributed by atoms with van der Waals surface area (Å²) in [7, 11) is 0. The number of nitrogens with zero attached hydrogens (tertiary/aromatic N) is 2. The first kappa shape index (κ1) is 12.4. The van der Waals surface area contributed by atoms with Crippen LogP contribution in [0.2, 0.25) is 5.15 Å². The molecule has 1 aromatic rings. The fourth-order valence-electron chi connectivity index (χ4n) is 2.49. The number of hydrogen-bond acceptors (Lipinski definition) is 3. The Labute approximate surface area is 106 Å². The van der Waals surface area contributed by atoms with Crippen LogP contribution >= 0.6 is 11.6 Å². The van der Waals surface area contributed by atoms with Gasteiger partial charge in [0.2, 0.25) is 0 Å². The standard InChI is InChI=1S/C12H18ClN3O/c1-7-3-4-9(5-8(7)2)16-6-15-11(13)10(14)12(16)17/h6-9H,3-5,14H2,1-2H3. The molecule has 1 aliphatic carbocycles. The van der Waals surface area contributed by atoms with Crippen molar-refractivity contribution >= 4 is 17.3 Å². The van der Waals surface area contributed by atoms with Crippen LogP contribution in [0.25, 0.3) is 0 Å². The second kappa shape index (κ2) is 4.69. The predicted octanol–water partition coefficient (Wildman–Crippen LogP) is 2.48. The number of halogens is 1. The maximum Gasteiger partial charge on any atom is 0.278 e. The molecule has 1 aromatic heterocycles. The van der Waals surface area contributed by atoms with Gasteiger partial charge in [-0.3, -0.25) is 9.36 Å². The molecule has 94 valence electrons. The Morgan fingerprint density at radius 1 is 1.41 bits per heavy atom. The van der Waals surface area contributed by atoms with Gasteiger partial charge in [0.05, 0.1) is 6.33 Å². The maximum absolute atomic E-state index is 12.0. The van der Waals surface area contributed by atoms with E-state index in [-0.39, 0.29) is 22.4 Å². The maximum atomic E-state index is 12.0. The molecule has 1 fully saturated rings. The van der Waals surface area contributed by atoms with E-state index in [0.29, 0.717) is 5.92 Å². The van der Waals surface area contributed by atoms with Crippen molar-refractivity contribution in [1.29, 1.82) is 0 Å². The molecule has 0 bridgehead atoms. The van der Waals surface area contributed by atoms with E-state index in [9.17, 15) is 4.79 Å². The zero-order chi connectivity index (χ0) is 12.6. The van der Waals surface area contributed by atoms with Crippen molar-refractivity contribution in [3.63, 3.8) is 0 Å². The van der Waals surface area contributed by atoms with Gasteiger partial charge in [-0.1, -0.05) is 25.4 Å². The van der Waals surface area contributed by atoms with Gasteiger partial charge in [-0.15, -0.1) is 0 Å². The lowest BCUT2D eigenvalue weighted by molar-refractivity contribution is 0.207. The van der Waals surface area contributed by atoms with Crippen LogP contribution in [0.15, 0.2) is 11.1 Å². The summed E-state index contributed by atoms with van der Waals surface area (Å²) in [6.07, 6.45) is 4.67. The topological polar surface area (TPSA) is 60.9 Å². The number of nitrogen functional groups attached to an aromatic ring is 1. The van der Waals surface area contributed by atoms with Crippen LogP contribution in [0.3, 0.4) is 0 Å². The molecule has 0 aromatic carbocycles. The highest BCUT2D eigenvalue weighted by molar-refractivity contribution is 6.31. The third-order valence-corrected chi connectivity index (χ3v) is 4.25. The minimum atomic E-state index is -0.211. The van der Waals surface area contributed by atoms with Gasteiger partial charge >= 0.3 is 0 Å². The van der Waals surface area contributed by atoms with Crippen LogP contribution in [-0.4, -0.2) is 9.55 Å². The molecule has 0 radical (unpaired) electrons. The second-order valence-electron chi connectivity index (χ2n) is 5.08. The molecule has 2 rings (SSSR count). The van der Waals surface area contributed by atoms with Crippen LogP contribution in [0, 0.1) is 11.8 Å². The minimum absolute atomic E-state index is 0.0560. The van der Waals surface area contributed by atoms with E-state index >= 15 is 0 Å². The first-order valence-electron chi connectivity index (χ1n) is 6.02. The highest BCUT2D eigenvalue weighted by Gasteiger charge is 2.26. The number of anilines is 1. The van der Waals surface area contributed by atoms with E-state index in [4.69, 9.17) is 17.3 Å². The fourth-order valence-corrected chi connectivity index (χ4v) is 2.62. The van der Waals surface area contributed by atoms with Crippen molar-refractivity contribution in [3.8, 4) is 0 Å². The molecule has 17 heavy (non-hydrogen) atoms. The Morgan fingerprint density at radius 3 is 2.76 bits per heavy atom. The zero-order valence-electron chi connectivity index (χ0n) is 10.2. The van der Waals surface area contributed by atoms with Crippen LogP contribution < -0.4 is 11.3 Å². The summed E-state index contributed by atoms with van der Waals surface area (Å²) in [6.45, 7) is 4.49. The van der Waals surface area contributed by atoms with E-state index in [1.165, 1.54) is 6.33 Å². The Balaban J connectivity index is 2.30. The minimum Gasteiger partial charge on any atom is -0.392 e. The highest BCUT2D eigenvalue weighted by Crippen LogP contribution is 2.35. The molecule has 4 nitrogen and oxygen atoms in total. The summed E-state index contributed by atoms with van der Waals surface area (Å²) in [5, 5.41) is 0.100. The van der Waals surface area contributed by atoms with Crippen molar-refractivity contribution in [2.24, 2.45) is 11.8 Å². The van der Waals surface area contributed by atoms with Gasteiger partial charge in [0.25, 0.3) is 5.56 Å². The predicted molar refractivity (Wildman–Crippen MR) is 69.1 cm³/mol. The smallest absolute Gasteiger partial charge is 0.278 e. The lowest BCUT2D eigenvalue weighted by Gasteiger charge is -2.32. The van der Waals surface area contributed by atoms with Gasteiger partial charge in [0.15, 0.2) is 5.15 Å². The van der Waals surface area contributed by atoms with Crippen molar-refractivity contribution in [3.05, 3.63) is 21.8 Å². The van der Waals surface area contributed by atoms with Gasteiger partial charge in [0, 0.05) is 6.04 Å². The number of hydrogen-bond donors (Lipinski definition) is 1. The summed E-state index contributed by atoms with van der Waals surface area (Å²) < 4.78 is 1.64. The molecular formula is C12H18ClN3O. The van der Waals surface area contributed by atoms with Crippen molar-refractivity contribution in [2.75, 3.05) is 5.73 Å². The third kappa shape index (κ3) is 2.32. The first-order valence-corrected chi connectivity index (χ1v) is 6.40. The average molecular weight is 256 g/mol. The summed E-state index contributed by atoms with van der Waals surface area (Å²) in [6, 6.07) is 0.209. The molecule has 3 unspecified atom stereocenters. The molecule has 2 N–H and O–H groups in total. The van der Waals surface area contributed by atoms with Gasteiger partial charge in [-0.05, 0) is 31.1 Å². The number of nitrogens with two attached hydrogens (primary N) is 1. The largest absolute Gasteiger partial charge is 0.392 e. The highest BCUT2D eigenvalue weighted by atomic mass is 35.5. The normalized spacial score (nSPS) is 29.2. The summed E-state index contributed by atoms with van der Waals surface area (Å²) in [4.78, 5) is 16.0. The summed E-state index contributed by atoms with van der Waals surface area (Å²) >= 11 is 5.73. The molecule has 0 aliphatic heterocycles. The average Bonchev–Trinajstić information content (AvgIpc) is 2.30. The molecule has 0 amide bonds. The van der Waals surface area contributed by atoms with E-state index in [1.54, 1.807) is 4.57 Å². The molecule has 1 heterocycles. The quantitative estimate of drug-likeness (QED) is 0.785. The molecule has 0 spiro atoms. The van der Waals surface area contributed by atoms with Crippen molar-refractivity contribution in [2.45, 2.75) is 39.2 Å². The Morgan fingerprint density at radius 2 is 2.12 bits per heavy atom. The molecular weight excluding hydrogens is 238 g/mol. The fraction of sp³-hybridized carbons (Fsp3) is 0.667. The monoisotopic (exact) mass is 255 g/mol. The molecule has 5 heteroatoms. The lowest BCUT2D eigenvalue weighted by Crippen LogP contribution is -2.32. The SMILES string of the molecule is CC1CCC(n2cnc(Cl)c(N)c2=O)CC1C. The van der Waals surface area contributed by atoms with Gasteiger partial charge < -0.3 is 5.73 Å². The van der Waals surface area contributed by atoms with E-state index in [2.05, 4.69) is 18.8 Å². The third-order valence-electron chi connectivity index (χ3n) is 3.95. The first-order chi connectivity index (χ1) is 8.00. The van der Waals surface area contributed by atoms with Gasteiger partial charge in [-0.2, -0.15) is 0 Å². The zero-order valence-corrected chi connectivity index (χ0v) is 10.9. The second-order valence-corrected chi connectivity index (χ2v) is 5.44. The van der Waals surface area contributed by atoms with Crippen LogP contribution in [0.4, 0.5) is 5.69 Å². The summed E-state index contributed by atoms with van der Waals surface area (Å²) in [5.74, 6) is 1.34. The number of rotatable bonds is 1. The summed E-state index contributed by atoms with van der Waals surface area (Å²) in [5.41, 5.74) is 5.47. The van der Waals surface area contributed by atoms with Crippen molar-refractivity contribution < 1.29 is 0 Å². The van der Waals surface area contributed by atoms with Crippen LogP contribution in [0.1, 0.15) is 39.2 Å². The van der Waals surface area contributed by atoms with Crippen LogP contribution in [-0.2, 0) is 0 Å². The van der Waals surface area contributed by atoms with Crippen LogP contribution in [0.5, 0.6) is 0 Å². The molecule has 1 saturated carbocycles. The van der Waals surface area contributed by atoms with Gasteiger partial charge in [0.1, 0.15) is 5.69 Å². The van der Waals surface area contributed by atoms with Crippen molar-refractivity contribution in [1.82, 2.24) is 9.55 Å². The lowest BCUT2D eigenvalue weighted by atomic mass is 9.79.